The molecule has 2 nitrogen and oxygen atoms in total. The Morgan fingerprint density at radius 1 is 1.44 bits per heavy atom. The molecule has 1 heterocycles. The van der Waals surface area contributed by atoms with Gasteiger partial charge in [-0.2, -0.15) is 5.26 Å². The summed E-state index contributed by atoms with van der Waals surface area (Å²) in [6, 6.07) is 8.27. The lowest BCUT2D eigenvalue weighted by Gasteiger charge is -2.26. The van der Waals surface area contributed by atoms with Crippen molar-refractivity contribution in [2.75, 3.05) is 11.4 Å². The molecule has 0 amide bonds. The molecular formula is C13H15ClN2. The van der Waals surface area contributed by atoms with Gasteiger partial charge >= 0.3 is 0 Å². The molecule has 0 spiro atoms. The lowest BCUT2D eigenvalue weighted by atomic mass is 10.0. The monoisotopic (exact) mass is 234 g/mol. The maximum absolute atomic E-state index is 9.12. The highest BCUT2D eigenvalue weighted by Crippen LogP contribution is 2.32. The van der Waals surface area contributed by atoms with E-state index in [-0.39, 0.29) is 0 Å². The molecule has 3 heteroatoms. The van der Waals surface area contributed by atoms with E-state index in [4.69, 9.17) is 16.9 Å². The molecule has 1 aromatic rings. The summed E-state index contributed by atoms with van der Waals surface area (Å²) in [6.45, 7) is 5.50. The zero-order valence-corrected chi connectivity index (χ0v) is 10.3. The van der Waals surface area contributed by atoms with Gasteiger partial charge in [0, 0.05) is 17.6 Å². The maximum atomic E-state index is 9.12. The summed E-state index contributed by atoms with van der Waals surface area (Å²) in [5.41, 5.74) is 1.69. The Labute approximate surface area is 101 Å². The molecule has 0 bridgehead atoms. The molecule has 1 aliphatic heterocycles. The fourth-order valence-electron chi connectivity index (χ4n) is 2.28. The minimum absolute atomic E-state index is 0.494. The second-order valence-corrected chi connectivity index (χ2v) is 4.91. The van der Waals surface area contributed by atoms with Crippen molar-refractivity contribution in [3.05, 3.63) is 28.8 Å². The molecule has 1 aromatic carbocycles. The maximum Gasteiger partial charge on any atom is 0.101 e. The van der Waals surface area contributed by atoms with Crippen molar-refractivity contribution in [1.82, 2.24) is 0 Å². The summed E-state index contributed by atoms with van der Waals surface area (Å²) in [7, 11) is 0. The molecule has 0 radical (unpaired) electrons. The van der Waals surface area contributed by atoms with E-state index < -0.39 is 0 Å². The summed E-state index contributed by atoms with van der Waals surface area (Å²) in [6.07, 6.45) is 1.19. The fraction of sp³-hybridized carbons (Fsp3) is 0.462. The minimum atomic E-state index is 0.494. The first-order valence-electron chi connectivity index (χ1n) is 5.59. The van der Waals surface area contributed by atoms with Crippen LogP contribution in [-0.4, -0.2) is 12.6 Å². The van der Waals surface area contributed by atoms with Gasteiger partial charge in [-0.25, -0.2) is 0 Å². The fourth-order valence-corrected chi connectivity index (χ4v) is 2.45. The van der Waals surface area contributed by atoms with Gasteiger partial charge in [0.2, 0.25) is 0 Å². The van der Waals surface area contributed by atoms with Crippen LogP contribution in [0.2, 0.25) is 5.02 Å². The van der Waals surface area contributed by atoms with Crippen LogP contribution in [0.4, 0.5) is 5.69 Å². The molecule has 1 fully saturated rings. The summed E-state index contributed by atoms with van der Waals surface area (Å²) in [5.74, 6) is 0.683. The zero-order valence-electron chi connectivity index (χ0n) is 9.57. The first kappa shape index (κ1) is 11.3. The van der Waals surface area contributed by atoms with Crippen LogP contribution in [-0.2, 0) is 0 Å². The van der Waals surface area contributed by atoms with Gasteiger partial charge in [0.05, 0.1) is 11.3 Å². The number of anilines is 1. The van der Waals surface area contributed by atoms with Crippen molar-refractivity contribution in [2.45, 2.75) is 26.3 Å². The van der Waals surface area contributed by atoms with Gasteiger partial charge in [-0.15, -0.1) is 0 Å². The summed E-state index contributed by atoms with van der Waals surface area (Å²) in [4.78, 5) is 2.31. The Morgan fingerprint density at radius 2 is 2.19 bits per heavy atom. The van der Waals surface area contributed by atoms with E-state index in [1.807, 2.05) is 12.1 Å². The van der Waals surface area contributed by atoms with Gasteiger partial charge in [-0.05, 0) is 37.5 Å². The van der Waals surface area contributed by atoms with E-state index in [9.17, 15) is 0 Å². The lowest BCUT2D eigenvalue weighted by molar-refractivity contribution is 0.546. The normalized spacial score (nSPS) is 24.5. The standard InChI is InChI=1S/C13H15ClN2/c1-9-5-6-16(10(9)2)13-4-3-12(14)7-11(13)8-15/h3-4,7,9-10H,5-6H2,1-2H3. The largest absolute Gasteiger partial charge is 0.367 e. The average molecular weight is 235 g/mol. The van der Waals surface area contributed by atoms with Crippen LogP contribution in [0, 0.1) is 17.2 Å². The molecule has 0 saturated carbocycles. The van der Waals surface area contributed by atoms with E-state index in [0.717, 1.165) is 12.2 Å². The van der Waals surface area contributed by atoms with E-state index in [2.05, 4.69) is 24.8 Å². The van der Waals surface area contributed by atoms with E-state index in [0.29, 0.717) is 22.5 Å². The van der Waals surface area contributed by atoms with Crippen molar-refractivity contribution in [3.63, 3.8) is 0 Å². The average Bonchev–Trinajstić information content (AvgIpc) is 2.60. The van der Waals surface area contributed by atoms with Crippen LogP contribution in [0.25, 0.3) is 0 Å². The van der Waals surface area contributed by atoms with Crippen molar-refractivity contribution in [3.8, 4) is 6.07 Å². The van der Waals surface area contributed by atoms with Crippen molar-refractivity contribution in [2.24, 2.45) is 5.92 Å². The van der Waals surface area contributed by atoms with Gasteiger partial charge in [-0.3, -0.25) is 0 Å². The Kier molecular flexibility index (Phi) is 3.07. The first-order chi connectivity index (χ1) is 7.63. The molecule has 0 aliphatic carbocycles. The van der Waals surface area contributed by atoms with Gasteiger partial charge in [-0.1, -0.05) is 18.5 Å². The highest BCUT2D eigenvalue weighted by atomic mass is 35.5. The van der Waals surface area contributed by atoms with Gasteiger partial charge < -0.3 is 4.90 Å². The topological polar surface area (TPSA) is 27.0 Å². The highest BCUT2D eigenvalue weighted by Gasteiger charge is 2.28. The van der Waals surface area contributed by atoms with Crippen LogP contribution >= 0.6 is 11.6 Å². The molecule has 0 aromatic heterocycles. The van der Waals surface area contributed by atoms with Crippen LogP contribution in [0.15, 0.2) is 18.2 Å². The number of benzene rings is 1. The first-order valence-corrected chi connectivity index (χ1v) is 5.97. The number of nitrogens with zero attached hydrogens (tertiary/aromatic N) is 2. The Balaban J connectivity index is 2.38. The lowest BCUT2D eigenvalue weighted by Crippen LogP contribution is -2.29. The summed E-state index contributed by atoms with van der Waals surface area (Å²) < 4.78 is 0. The molecule has 1 aliphatic rings. The van der Waals surface area contributed by atoms with E-state index in [1.54, 1.807) is 6.07 Å². The van der Waals surface area contributed by atoms with Crippen LogP contribution in [0.1, 0.15) is 25.8 Å². The molecule has 0 N–H and O–H groups in total. The van der Waals surface area contributed by atoms with Crippen molar-refractivity contribution < 1.29 is 0 Å². The number of nitriles is 1. The van der Waals surface area contributed by atoms with Crippen molar-refractivity contribution in [1.29, 1.82) is 5.26 Å². The highest BCUT2D eigenvalue weighted by molar-refractivity contribution is 6.30. The SMILES string of the molecule is CC1CCN(c2ccc(Cl)cc2C#N)C1C. The Bertz CT molecular complexity index is 436. The third-order valence-corrected chi connectivity index (χ3v) is 3.76. The van der Waals surface area contributed by atoms with Gasteiger partial charge in [0.25, 0.3) is 0 Å². The molecule has 2 rings (SSSR count). The third kappa shape index (κ3) is 1.88. The smallest absolute Gasteiger partial charge is 0.101 e. The van der Waals surface area contributed by atoms with Crippen LogP contribution < -0.4 is 4.90 Å². The second-order valence-electron chi connectivity index (χ2n) is 4.47. The van der Waals surface area contributed by atoms with Crippen LogP contribution in [0.3, 0.4) is 0 Å². The predicted octanol–water partition coefficient (Wildman–Crippen LogP) is 3.45. The number of hydrogen-bond donors (Lipinski definition) is 0. The Morgan fingerprint density at radius 3 is 2.75 bits per heavy atom. The third-order valence-electron chi connectivity index (χ3n) is 3.53. The summed E-state index contributed by atoms with van der Waals surface area (Å²) >= 11 is 5.90. The Hall–Kier alpha value is -1.20. The van der Waals surface area contributed by atoms with Gasteiger partial charge in [0.1, 0.15) is 6.07 Å². The molecule has 16 heavy (non-hydrogen) atoms. The van der Waals surface area contributed by atoms with Gasteiger partial charge in [0.15, 0.2) is 0 Å². The minimum Gasteiger partial charge on any atom is -0.367 e. The van der Waals surface area contributed by atoms with Crippen LogP contribution in [0.5, 0.6) is 0 Å². The molecule has 84 valence electrons. The predicted molar refractivity (Wildman–Crippen MR) is 66.8 cm³/mol. The molecule has 1 saturated heterocycles. The van der Waals surface area contributed by atoms with Crippen molar-refractivity contribution >= 4 is 17.3 Å². The molecule has 2 atom stereocenters. The van der Waals surface area contributed by atoms with E-state index in [1.165, 1.54) is 6.42 Å². The zero-order chi connectivity index (χ0) is 11.7. The number of hydrogen-bond acceptors (Lipinski definition) is 2. The van der Waals surface area contributed by atoms with E-state index >= 15 is 0 Å². The summed E-state index contributed by atoms with van der Waals surface area (Å²) in [5, 5.41) is 9.75. The number of halogens is 1. The quantitative estimate of drug-likeness (QED) is 0.744. The number of rotatable bonds is 1. The second kappa shape index (κ2) is 4.35. The molecular weight excluding hydrogens is 220 g/mol. The molecule has 2 unspecified atom stereocenters.